The molecule has 0 saturated carbocycles. The number of amides is 1. The number of furan rings is 1. The molecule has 1 heterocycles. The molecule has 0 fully saturated rings. The normalized spacial score (nSPS) is 10.4. The monoisotopic (exact) mass is 335 g/mol. The minimum absolute atomic E-state index is 0.107. The van der Waals surface area contributed by atoms with Crippen molar-refractivity contribution < 1.29 is 27.9 Å². The van der Waals surface area contributed by atoms with Crippen molar-refractivity contribution in [3.63, 3.8) is 0 Å². The summed E-state index contributed by atoms with van der Waals surface area (Å²) in [6.45, 7) is 1.74. The standard InChI is InChI=1S/C17H18FNO5/c1-10-13(17(21)23-4)8-12(24-10)9-19(2)16(20)14-7-11(18)5-6-15(14)22-3/h5-8H,9H2,1-4H3. The lowest BCUT2D eigenvalue weighted by molar-refractivity contribution is 0.0598. The fourth-order valence-corrected chi connectivity index (χ4v) is 2.29. The van der Waals surface area contributed by atoms with Crippen LogP contribution in [0.15, 0.2) is 28.7 Å². The van der Waals surface area contributed by atoms with Crippen molar-refractivity contribution in [3.05, 3.63) is 52.7 Å². The van der Waals surface area contributed by atoms with E-state index < -0.39 is 17.7 Å². The number of carbonyl (C=O) groups excluding carboxylic acids is 2. The van der Waals surface area contributed by atoms with Crippen molar-refractivity contribution in [2.24, 2.45) is 0 Å². The third kappa shape index (κ3) is 3.56. The molecule has 7 heteroatoms. The number of rotatable bonds is 5. The van der Waals surface area contributed by atoms with E-state index in [1.807, 2.05) is 0 Å². The molecule has 24 heavy (non-hydrogen) atoms. The van der Waals surface area contributed by atoms with Gasteiger partial charge in [-0.25, -0.2) is 9.18 Å². The molecule has 1 amide bonds. The van der Waals surface area contributed by atoms with Crippen LogP contribution in [-0.4, -0.2) is 38.0 Å². The van der Waals surface area contributed by atoms with Gasteiger partial charge in [0.1, 0.15) is 28.7 Å². The van der Waals surface area contributed by atoms with E-state index in [2.05, 4.69) is 4.74 Å². The lowest BCUT2D eigenvalue weighted by Crippen LogP contribution is -2.26. The van der Waals surface area contributed by atoms with E-state index in [1.165, 1.54) is 37.3 Å². The largest absolute Gasteiger partial charge is 0.496 e. The van der Waals surface area contributed by atoms with Gasteiger partial charge in [0.2, 0.25) is 0 Å². The molecule has 1 aromatic heterocycles. The van der Waals surface area contributed by atoms with Crippen LogP contribution in [0.4, 0.5) is 4.39 Å². The second kappa shape index (κ2) is 7.16. The smallest absolute Gasteiger partial charge is 0.341 e. The topological polar surface area (TPSA) is 69.0 Å². The number of carbonyl (C=O) groups is 2. The van der Waals surface area contributed by atoms with Gasteiger partial charge in [0.15, 0.2) is 0 Å². The number of esters is 1. The van der Waals surface area contributed by atoms with E-state index in [0.717, 1.165) is 6.07 Å². The van der Waals surface area contributed by atoms with Crippen LogP contribution in [0.5, 0.6) is 5.75 Å². The molecule has 0 unspecified atom stereocenters. The first-order valence-corrected chi connectivity index (χ1v) is 7.14. The second-order valence-electron chi connectivity index (χ2n) is 5.18. The van der Waals surface area contributed by atoms with Gasteiger partial charge in [-0.1, -0.05) is 0 Å². The Bertz CT molecular complexity index is 768. The van der Waals surface area contributed by atoms with Gasteiger partial charge in [-0.15, -0.1) is 0 Å². The third-order valence-electron chi connectivity index (χ3n) is 3.51. The van der Waals surface area contributed by atoms with Crippen LogP contribution >= 0.6 is 0 Å². The van der Waals surface area contributed by atoms with E-state index in [9.17, 15) is 14.0 Å². The fraction of sp³-hybridized carbons (Fsp3) is 0.294. The first kappa shape index (κ1) is 17.5. The molecule has 0 N–H and O–H groups in total. The summed E-state index contributed by atoms with van der Waals surface area (Å²) in [6, 6.07) is 5.25. The minimum atomic E-state index is -0.533. The van der Waals surface area contributed by atoms with E-state index in [0.29, 0.717) is 17.1 Å². The third-order valence-corrected chi connectivity index (χ3v) is 3.51. The van der Waals surface area contributed by atoms with Gasteiger partial charge in [0.25, 0.3) is 5.91 Å². The highest BCUT2D eigenvalue weighted by Gasteiger charge is 2.21. The molecular weight excluding hydrogens is 317 g/mol. The zero-order valence-corrected chi connectivity index (χ0v) is 13.9. The summed E-state index contributed by atoms with van der Waals surface area (Å²) in [5.41, 5.74) is 0.410. The van der Waals surface area contributed by atoms with Gasteiger partial charge >= 0.3 is 5.97 Å². The Morgan fingerprint density at radius 1 is 1.21 bits per heavy atom. The molecule has 0 aliphatic carbocycles. The molecule has 0 saturated heterocycles. The highest BCUT2D eigenvalue weighted by Crippen LogP contribution is 2.22. The molecule has 0 atom stereocenters. The first-order chi connectivity index (χ1) is 11.4. The predicted octanol–water partition coefficient (Wildman–Crippen LogP) is 2.79. The van der Waals surface area contributed by atoms with Crippen molar-refractivity contribution in [2.45, 2.75) is 13.5 Å². The molecular formula is C17H18FNO5. The molecule has 2 aromatic rings. The van der Waals surface area contributed by atoms with Crippen LogP contribution in [0, 0.1) is 12.7 Å². The summed E-state index contributed by atoms with van der Waals surface area (Å²) in [6.07, 6.45) is 0. The number of nitrogens with zero attached hydrogens (tertiary/aromatic N) is 1. The molecule has 0 aliphatic heterocycles. The molecule has 0 spiro atoms. The van der Waals surface area contributed by atoms with Gasteiger partial charge in [0, 0.05) is 7.05 Å². The Morgan fingerprint density at radius 3 is 2.54 bits per heavy atom. The molecule has 128 valence electrons. The van der Waals surface area contributed by atoms with Crippen LogP contribution in [0.2, 0.25) is 0 Å². The van der Waals surface area contributed by atoms with Crippen molar-refractivity contribution >= 4 is 11.9 Å². The number of benzene rings is 1. The highest BCUT2D eigenvalue weighted by molar-refractivity contribution is 5.96. The van der Waals surface area contributed by atoms with Crippen LogP contribution in [0.1, 0.15) is 32.2 Å². The number of aryl methyl sites for hydroxylation is 1. The SMILES string of the molecule is COC(=O)c1cc(CN(C)C(=O)c2cc(F)ccc2OC)oc1C. The van der Waals surface area contributed by atoms with Gasteiger partial charge < -0.3 is 18.8 Å². The summed E-state index contributed by atoms with van der Waals surface area (Å²) in [5, 5.41) is 0. The fourth-order valence-electron chi connectivity index (χ4n) is 2.29. The Balaban J connectivity index is 2.21. The Labute approximate surface area is 138 Å². The quantitative estimate of drug-likeness (QED) is 0.786. The number of methoxy groups -OCH3 is 2. The molecule has 0 bridgehead atoms. The Hall–Kier alpha value is -2.83. The van der Waals surface area contributed by atoms with Gasteiger partial charge in [0.05, 0.1) is 26.3 Å². The van der Waals surface area contributed by atoms with E-state index >= 15 is 0 Å². The van der Waals surface area contributed by atoms with Crippen molar-refractivity contribution in [1.29, 1.82) is 0 Å². The lowest BCUT2D eigenvalue weighted by atomic mass is 10.1. The van der Waals surface area contributed by atoms with Crippen molar-refractivity contribution in [1.82, 2.24) is 4.90 Å². The zero-order chi connectivity index (χ0) is 17.9. The van der Waals surface area contributed by atoms with Gasteiger partial charge in [-0.2, -0.15) is 0 Å². The summed E-state index contributed by atoms with van der Waals surface area (Å²) >= 11 is 0. The maximum atomic E-state index is 13.4. The highest BCUT2D eigenvalue weighted by atomic mass is 19.1. The Morgan fingerprint density at radius 2 is 1.92 bits per heavy atom. The zero-order valence-electron chi connectivity index (χ0n) is 13.9. The number of hydrogen-bond donors (Lipinski definition) is 0. The predicted molar refractivity (Wildman–Crippen MR) is 83.5 cm³/mol. The van der Waals surface area contributed by atoms with Crippen LogP contribution in [0.25, 0.3) is 0 Å². The van der Waals surface area contributed by atoms with Gasteiger partial charge in [-0.3, -0.25) is 4.79 Å². The summed E-state index contributed by atoms with van der Waals surface area (Å²) in [7, 11) is 4.23. The average molecular weight is 335 g/mol. The first-order valence-electron chi connectivity index (χ1n) is 7.14. The maximum Gasteiger partial charge on any atom is 0.341 e. The van der Waals surface area contributed by atoms with Crippen molar-refractivity contribution in [3.8, 4) is 5.75 Å². The molecule has 6 nitrogen and oxygen atoms in total. The van der Waals surface area contributed by atoms with Gasteiger partial charge in [-0.05, 0) is 31.2 Å². The second-order valence-corrected chi connectivity index (χ2v) is 5.18. The van der Waals surface area contributed by atoms with Crippen LogP contribution in [-0.2, 0) is 11.3 Å². The summed E-state index contributed by atoms with van der Waals surface area (Å²) < 4.78 is 28.6. The molecule has 1 aromatic carbocycles. The summed E-state index contributed by atoms with van der Waals surface area (Å²) in [4.78, 5) is 25.4. The van der Waals surface area contributed by atoms with E-state index in [1.54, 1.807) is 14.0 Å². The van der Waals surface area contributed by atoms with Crippen LogP contribution in [0.3, 0.4) is 0 Å². The van der Waals surface area contributed by atoms with E-state index in [-0.39, 0.29) is 17.9 Å². The molecule has 0 radical (unpaired) electrons. The summed E-state index contributed by atoms with van der Waals surface area (Å²) in [5.74, 6) is -0.378. The van der Waals surface area contributed by atoms with E-state index in [4.69, 9.17) is 9.15 Å². The lowest BCUT2D eigenvalue weighted by Gasteiger charge is -2.17. The molecule has 2 rings (SSSR count). The minimum Gasteiger partial charge on any atom is -0.496 e. The maximum absolute atomic E-state index is 13.4. The van der Waals surface area contributed by atoms with Crippen LogP contribution < -0.4 is 4.74 Å². The number of hydrogen-bond acceptors (Lipinski definition) is 5. The average Bonchev–Trinajstić information content (AvgIpc) is 2.93. The molecule has 0 aliphatic rings. The Kier molecular flexibility index (Phi) is 5.23. The van der Waals surface area contributed by atoms with Crippen molar-refractivity contribution in [2.75, 3.05) is 21.3 Å². The number of ether oxygens (including phenoxy) is 2. The number of halogens is 1.